The lowest BCUT2D eigenvalue weighted by atomic mass is 10.1. The highest BCUT2D eigenvalue weighted by molar-refractivity contribution is 6.33. The fourth-order valence-corrected chi connectivity index (χ4v) is 4.53. The van der Waals surface area contributed by atoms with Crippen molar-refractivity contribution >= 4 is 34.0 Å². The van der Waals surface area contributed by atoms with E-state index in [9.17, 15) is 14.0 Å². The summed E-state index contributed by atoms with van der Waals surface area (Å²) in [6.07, 6.45) is 4.71. The van der Waals surface area contributed by atoms with E-state index in [1.165, 1.54) is 39.9 Å². The lowest BCUT2D eigenvalue weighted by Gasteiger charge is -2.32. The van der Waals surface area contributed by atoms with Crippen LogP contribution in [0.5, 0.6) is 0 Å². The van der Waals surface area contributed by atoms with Crippen LogP contribution >= 0.6 is 11.6 Å². The van der Waals surface area contributed by atoms with E-state index in [1.54, 1.807) is 18.3 Å². The maximum atomic E-state index is 14.2. The first-order chi connectivity index (χ1) is 16.9. The summed E-state index contributed by atoms with van der Waals surface area (Å²) in [5.41, 5.74) is -0.112. The molecule has 0 saturated carbocycles. The Balaban J connectivity index is 1.81. The van der Waals surface area contributed by atoms with Gasteiger partial charge in [-0.15, -0.1) is 0 Å². The smallest absolute Gasteiger partial charge is 0.285 e. The zero-order valence-electron chi connectivity index (χ0n) is 18.8. The number of anilines is 1. The van der Waals surface area contributed by atoms with E-state index in [0.29, 0.717) is 35.9 Å². The number of nitrogens with one attached hydrogen (secondary N) is 1. The Bertz CT molecular complexity index is 1670. The summed E-state index contributed by atoms with van der Waals surface area (Å²) in [6.45, 7) is 4.24. The number of rotatable bonds is 6. The molecular weight excluding hydrogens is 475 g/mol. The fourth-order valence-electron chi connectivity index (χ4n) is 4.30. The van der Waals surface area contributed by atoms with Crippen LogP contribution in [-0.2, 0) is 0 Å². The third-order valence-electron chi connectivity index (χ3n) is 5.83. The Morgan fingerprint density at radius 2 is 2.00 bits per heavy atom. The normalized spacial score (nSPS) is 12.3. The molecule has 1 aromatic carbocycles. The molecule has 0 spiro atoms. The summed E-state index contributed by atoms with van der Waals surface area (Å²) in [6, 6.07) is 6.75. The van der Waals surface area contributed by atoms with Crippen molar-refractivity contribution in [3.8, 4) is 5.69 Å². The number of aromatic nitrogens is 7. The number of hydrogen-bond acceptors (Lipinski definition) is 7. The van der Waals surface area contributed by atoms with Crippen molar-refractivity contribution in [2.75, 3.05) is 11.4 Å². The highest BCUT2D eigenvalue weighted by Gasteiger charge is 2.29. The molecule has 0 aliphatic carbocycles. The number of fused-ring (bicyclic) bond motifs is 2. The predicted molar refractivity (Wildman–Crippen MR) is 130 cm³/mol. The Morgan fingerprint density at radius 3 is 2.74 bits per heavy atom. The second kappa shape index (κ2) is 8.91. The number of benzene rings is 1. The summed E-state index contributed by atoms with van der Waals surface area (Å²) < 4.78 is 17.0. The van der Waals surface area contributed by atoms with E-state index in [1.807, 2.05) is 18.7 Å². The summed E-state index contributed by atoms with van der Waals surface area (Å²) >= 11 is 6.28. The Labute approximate surface area is 202 Å². The van der Waals surface area contributed by atoms with Crippen LogP contribution in [0.3, 0.4) is 0 Å². The van der Waals surface area contributed by atoms with Gasteiger partial charge in [-0.2, -0.15) is 10.1 Å². The average molecular weight is 495 g/mol. The van der Waals surface area contributed by atoms with Gasteiger partial charge in [0.15, 0.2) is 5.82 Å². The van der Waals surface area contributed by atoms with Gasteiger partial charge in [-0.05, 0) is 37.6 Å². The van der Waals surface area contributed by atoms with Crippen LogP contribution in [-0.4, -0.2) is 40.7 Å². The molecule has 4 aromatic heterocycles. The average Bonchev–Trinajstić information content (AvgIpc) is 3.23. The predicted octanol–water partition coefficient (Wildman–Crippen LogP) is 3.28. The monoisotopic (exact) mass is 494 g/mol. The Morgan fingerprint density at radius 1 is 1.17 bits per heavy atom. The molecule has 10 nitrogen and oxygen atoms in total. The van der Waals surface area contributed by atoms with Gasteiger partial charge in [-0.25, -0.2) is 18.9 Å². The fraction of sp³-hybridized carbons (Fsp3) is 0.217. The lowest BCUT2D eigenvalue weighted by Crippen LogP contribution is -2.36. The summed E-state index contributed by atoms with van der Waals surface area (Å²) in [4.78, 5) is 43.4. The lowest BCUT2D eigenvalue weighted by molar-refractivity contribution is 0.540. The van der Waals surface area contributed by atoms with E-state index in [2.05, 4.69) is 19.9 Å². The molecule has 5 rings (SSSR count). The van der Waals surface area contributed by atoms with E-state index >= 15 is 0 Å². The van der Waals surface area contributed by atoms with Crippen LogP contribution in [0.1, 0.15) is 32.1 Å². The molecule has 0 aliphatic heterocycles. The Hall–Kier alpha value is -4.12. The third-order valence-corrected chi connectivity index (χ3v) is 6.13. The molecule has 1 atom stereocenters. The maximum absolute atomic E-state index is 14.2. The maximum Gasteiger partial charge on any atom is 0.285 e. The van der Waals surface area contributed by atoms with Crippen LogP contribution in [0.15, 0.2) is 58.8 Å². The van der Waals surface area contributed by atoms with Crippen LogP contribution in [0.4, 0.5) is 10.2 Å². The molecule has 4 heterocycles. The van der Waals surface area contributed by atoms with Gasteiger partial charge >= 0.3 is 0 Å². The molecule has 1 unspecified atom stereocenters. The molecular formula is C23H20ClFN8O2. The minimum atomic E-state index is -0.528. The summed E-state index contributed by atoms with van der Waals surface area (Å²) in [7, 11) is 0. The number of nitrogens with zero attached hydrogens (tertiary/aromatic N) is 7. The second-order valence-electron chi connectivity index (χ2n) is 7.77. The van der Waals surface area contributed by atoms with Crippen LogP contribution in [0.25, 0.3) is 22.2 Å². The minimum Gasteiger partial charge on any atom is -0.346 e. The van der Waals surface area contributed by atoms with Crippen molar-refractivity contribution in [2.45, 2.75) is 26.3 Å². The highest BCUT2D eigenvalue weighted by Crippen LogP contribution is 2.31. The molecule has 0 bridgehead atoms. The molecule has 12 heteroatoms. The van der Waals surface area contributed by atoms with Gasteiger partial charge in [0.25, 0.3) is 11.1 Å². The summed E-state index contributed by atoms with van der Waals surface area (Å²) in [5, 5.41) is 5.17. The highest BCUT2D eigenvalue weighted by atomic mass is 35.5. The zero-order valence-corrected chi connectivity index (χ0v) is 19.6. The first kappa shape index (κ1) is 22.7. The third kappa shape index (κ3) is 3.73. The SMILES string of the molecule is CCC(c1nn2ccc(Cl)c2c(=O)n1-c1cccc(F)c1)N(CC)c1ncnc2[nH]cnc(=O)c12. The van der Waals surface area contributed by atoms with E-state index in [-0.39, 0.29) is 15.9 Å². The largest absolute Gasteiger partial charge is 0.346 e. The number of hydrogen-bond donors (Lipinski definition) is 1. The molecule has 0 fully saturated rings. The van der Waals surface area contributed by atoms with Gasteiger partial charge in [0.1, 0.15) is 34.5 Å². The quantitative estimate of drug-likeness (QED) is 0.385. The number of H-pyrrole nitrogens is 1. The molecule has 0 radical (unpaired) electrons. The Kier molecular flexibility index (Phi) is 5.77. The van der Waals surface area contributed by atoms with Crippen molar-refractivity contribution in [1.29, 1.82) is 0 Å². The van der Waals surface area contributed by atoms with Gasteiger partial charge in [-0.1, -0.05) is 24.6 Å². The number of halogens is 2. The van der Waals surface area contributed by atoms with E-state index in [4.69, 9.17) is 16.7 Å². The first-order valence-electron chi connectivity index (χ1n) is 10.9. The number of aromatic amines is 1. The molecule has 0 aliphatic rings. The van der Waals surface area contributed by atoms with E-state index in [0.717, 1.165) is 0 Å². The van der Waals surface area contributed by atoms with Gasteiger partial charge in [0, 0.05) is 12.7 Å². The second-order valence-corrected chi connectivity index (χ2v) is 8.18. The molecule has 178 valence electrons. The topological polar surface area (TPSA) is 114 Å². The van der Waals surface area contributed by atoms with Crippen molar-refractivity contribution in [1.82, 2.24) is 34.1 Å². The minimum absolute atomic E-state index is 0.172. The molecule has 35 heavy (non-hydrogen) atoms. The van der Waals surface area contributed by atoms with Crippen LogP contribution in [0, 0.1) is 5.82 Å². The standard InChI is InChI=1S/C23H20ClFN8O2/c1-3-16(31(4-2)21-17-19(26-11-28-21)27-12-29-22(17)34)20-30-32-9-8-15(24)18(32)23(35)33(20)14-7-5-6-13(25)10-14/h5-12,16H,3-4H2,1-2H3,(H,26,27,28,29,34). The van der Waals surface area contributed by atoms with Crippen molar-refractivity contribution in [3.05, 3.63) is 86.6 Å². The van der Waals surface area contributed by atoms with Crippen LogP contribution < -0.4 is 16.0 Å². The first-order valence-corrected chi connectivity index (χ1v) is 11.3. The van der Waals surface area contributed by atoms with Crippen molar-refractivity contribution in [3.63, 3.8) is 0 Å². The molecule has 0 amide bonds. The van der Waals surface area contributed by atoms with Gasteiger partial charge < -0.3 is 9.88 Å². The molecule has 1 N–H and O–H groups in total. The van der Waals surface area contributed by atoms with Gasteiger partial charge in [0.2, 0.25) is 0 Å². The van der Waals surface area contributed by atoms with Crippen molar-refractivity contribution < 1.29 is 4.39 Å². The zero-order chi connectivity index (χ0) is 24.7. The molecule has 5 aromatic rings. The van der Waals surface area contributed by atoms with Crippen LogP contribution in [0.2, 0.25) is 5.02 Å². The van der Waals surface area contributed by atoms with Crippen molar-refractivity contribution in [2.24, 2.45) is 0 Å². The van der Waals surface area contributed by atoms with E-state index < -0.39 is 23.0 Å². The molecule has 0 saturated heterocycles. The van der Waals surface area contributed by atoms with Gasteiger partial charge in [0.05, 0.1) is 23.1 Å². The summed E-state index contributed by atoms with van der Waals surface area (Å²) in [5.74, 6) is 0.183. The van der Waals surface area contributed by atoms with Gasteiger partial charge in [-0.3, -0.25) is 14.2 Å².